The molecule has 9 nitrogen and oxygen atoms in total. The van der Waals surface area contributed by atoms with E-state index in [-0.39, 0.29) is 30.1 Å². The molecule has 0 radical (unpaired) electrons. The van der Waals surface area contributed by atoms with Crippen molar-refractivity contribution < 1.29 is 23.8 Å². The first kappa shape index (κ1) is 24.0. The minimum absolute atomic E-state index is 0.0236. The second-order valence-corrected chi connectivity index (χ2v) is 8.97. The molecule has 0 saturated heterocycles. The maximum absolute atomic E-state index is 11.2. The van der Waals surface area contributed by atoms with Gasteiger partial charge in [-0.2, -0.15) is 0 Å². The normalized spacial score (nSPS) is 17.2. The topological polar surface area (TPSA) is 140 Å². The number of rotatable bonds is 9. The van der Waals surface area contributed by atoms with E-state index >= 15 is 0 Å². The van der Waals surface area contributed by atoms with E-state index < -0.39 is 12.0 Å². The van der Waals surface area contributed by atoms with E-state index in [1.807, 2.05) is 36.4 Å². The van der Waals surface area contributed by atoms with Crippen molar-refractivity contribution in [3.05, 3.63) is 83.4 Å². The van der Waals surface area contributed by atoms with Crippen LogP contribution in [-0.4, -0.2) is 34.2 Å². The molecule has 1 fully saturated rings. The first-order chi connectivity index (χ1) is 16.7. The molecule has 9 heteroatoms. The summed E-state index contributed by atoms with van der Waals surface area (Å²) in [5.74, 6) is 0.754. The molecular weight excluding hydrogens is 448 g/mol. The van der Waals surface area contributed by atoms with Crippen molar-refractivity contribution in [2.24, 2.45) is 11.5 Å². The Morgan fingerprint density at radius 1 is 0.914 bits per heavy atom. The van der Waals surface area contributed by atoms with E-state index in [2.05, 4.69) is 35.9 Å². The number of aromatic nitrogens is 2. The molecule has 1 aliphatic rings. The molecule has 1 saturated carbocycles. The van der Waals surface area contributed by atoms with Crippen LogP contribution in [0, 0.1) is 0 Å². The number of amides is 2. The van der Waals surface area contributed by atoms with Gasteiger partial charge in [0, 0.05) is 24.5 Å². The molecule has 182 valence electrons. The molecular formula is C26H28N4O5. The van der Waals surface area contributed by atoms with Crippen LogP contribution in [0.4, 0.5) is 4.79 Å². The second-order valence-electron chi connectivity index (χ2n) is 8.97. The highest BCUT2D eigenvalue weighted by Gasteiger charge is 2.33. The average molecular weight is 477 g/mol. The summed E-state index contributed by atoms with van der Waals surface area (Å²) in [6.07, 6.45) is 1.90. The highest BCUT2D eigenvalue weighted by molar-refractivity contribution is 5.88. The number of nitrogens with two attached hydrogens (primary N) is 2. The molecule has 0 atom stereocenters. The van der Waals surface area contributed by atoms with E-state index in [0.717, 1.165) is 16.9 Å². The first-order valence-corrected chi connectivity index (χ1v) is 11.3. The summed E-state index contributed by atoms with van der Waals surface area (Å²) >= 11 is 0. The largest absolute Gasteiger partial charge is 0.490 e. The molecule has 4 N–H and O–H groups in total. The van der Waals surface area contributed by atoms with Gasteiger partial charge in [-0.3, -0.25) is 4.79 Å². The van der Waals surface area contributed by atoms with Crippen LogP contribution >= 0.6 is 0 Å². The van der Waals surface area contributed by atoms with Crippen molar-refractivity contribution in [3.8, 4) is 11.5 Å². The van der Waals surface area contributed by atoms with Crippen molar-refractivity contribution in [3.63, 3.8) is 0 Å². The van der Waals surface area contributed by atoms with E-state index in [4.69, 9.17) is 25.7 Å². The van der Waals surface area contributed by atoms with Gasteiger partial charge in [0.25, 0.3) is 5.91 Å². The average Bonchev–Trinajstić information content (AvgIpc) is 2.82. The van der Waals surface area contributed by atoms with E-state index in [0.29, 0.717) is 24.3 Å². The number of carbonyl (C=O) groups is 2. The summed E-state index contributed by atoms with van der Waals surface area (Å²) in [5.41, 5.74) is 12.9. The zero-order valence-corrected chi connectivity index (χ0v) is 19.6. The van der Waals surface area contributed by atoms with Gasteiger partial charge in [-0.05, 0) is 41.5 Å². The summed E-state index contributed by atoms with van der Waals surface area (Å²) in [6.45, 7) is 4.51. The Kier molecular flexibility index (Phi) is 6.86. The van der Waals surface area contributed by atoms with Gasteiger partial charge in [-0.25, -0.2) is 14.8 Å². The summed E-state index contributed by atoms with van der Waals surface area (Å²) in [7, 11) is 0. The molecule has 0 spiro atoms. The van der Waals surface area contributed by atoms with E-state index in [9.17, 15) is 9.59 Å². The van der Waals surface area contributed by atoms with Gasteiger partial charge in [0.15, 0.2) is 0 Å². The number of hydrogen-bond acceptors (Lipinski definition) is 7. The number of primary amides is 2. The number of hydrogen-bond donors (Lipinski definition) is 2. The standard InChI is InChI=1S/C26H28N4O5/c1-26(2,17-5-9-20(10-6-17)34-21-13-22(14-21)35-25(28)32)16-3-7-19(8-4-16)33-15-18-11-12-29-24(30-18)23(27)31/h3-12,21-22H,13-15H2,1-2H3,(H2,27,31)(H2,28,32). The van der Waals surface area contributed by atoms with Gasteiger partial charge in [-0.15, -0.1) is 0 Å². The monoisotopic (exact) mass is 476 g/mol. The molecule has 1 aromatic heterocycles. The Bertz CT molecular complexity index is 1190. The number of carbonyl (C=O) groups excluding carboxylic acids is 2. The first-order valence-electron chi connectivity index (χ1n) is 11.3. The third-order valence-electron chi connectivity index (χ3n) is 6.11. The van der Waals surface area contributed by atoms with Crippen LogP contribution < -0.4 is 20.9 Å². The van der Waals surface area contributed by atoms with Crippen LogP contribution in [0.3, 0.4) is 0 Å². The Morgan fingerprint density at radius 3 is 2.09 bits per heavy atom. The minimum Gasteiger partial charge on any atom is -0.490 e. The fraction of sp³-hybridized carbons (Fsp3) is 0.308. The number of nitrogens with zero attached hydrogens (tertiary/aromatic N) is 2. The SMILES string of the molecule is CC(C)(c1ccc(OCc2ccnc(C(N)=O)n2)cc1)c1ccc(OC2CC(OC(N)=O)C2)cc1. The minimum atomic E-state index is -0.746. The molecule has 0 aliphatic heterocycles. The highest BCUT2D eigenvalue weighted by Crippen LogP contribution is 2.34. The Morgan fingerprint density at radius 2 is 1.51 bits per heavy atom. The third-order valence-corrected chi connectivity index (χ3v) is 6.11. The molecule has 2 amide bonds. The maximum atomic E-state index is 11.2. The second kappa shape index (κ2) is 10.0. The highest BCUT2D eigenvalue weighted by atomic mass is 16.6. The Labute approximate surface area is 203 Å². The number of benzene rings is 2. The lowest BCUT2D eigenvalue weighted by Crippen LogP contribution is -2.41. The zero-order chi connectivity index (χ0) is 25.0. The zero-order valence-electron chi connectivity index (χ0n) is 19.6. The predicted molar refractivity (Wildman–Crippen MR) is 128 cm³/mol. The lowest BCUT2D eigenvalue weighted by molar-refractivity contribution is -0.0197. The Balaban J connectivity index is 1.34. The van der Waals surface area contributed by atoms with Crippen LogP contribution in [0.2, 0.25) is 0 Å². The lowest BCUT2D eigenvalue weighted by Gasteiger charge is -2.34. The molecule has 4 rings (SSSR count). The smallest absolute Gasteiger partial charge is 0.404 e. The van der Waals surface area contributed by atoms with Crippen LogP contribution in [-0.2, 0) is 16.8 Å². The van der Waals surface area contributed by atoms with Crippen molar-refractivity contribution in [1.82, 2.24) is 9.97 Å². The van der Waals surface area contributed by atoms with Crippen LogP contribution in [0.15, 0.2) is 60.8 Å². The van der Waals surface area contributed by atoms with E-state index in [1.165, 1.54) is 6.20 Å². The van der Waals surface area contributed by atoms with Crippen LogP contribution in [0.5, 0.6) is 11.5 Å². The molecule has 0 bridgehead atoms. The van der Waals surface area contributed by atoms with Crippen molar-refractivity contribution in [2.45, 2.75) is 50.9 Å². The molecule has 1 aliphatic carbocycles. The van der Waals surface area contributed by atoms with Gasteiger partial charge in [0.1, 0.15) is 30.3 Å². The van der Waals surface area contributed by atoms with Crippen molar-refractivity contribution >= 4 is 12.0 Å². The quantitative estimate of drug-likeness (QED) is 0.482. The van der Waals surface area contributed by atoms with Gasteiger partial charge in [0.05, 0.1) is 5.69 Å². The van der Waals surface area contributed by atoms with Crippen molar-refractivity contribution in [1.29, 1.82) is 0 Å². The Hall–Kier alpha value is -4.14. The molecule has 2 aromatic carbocycles. The predicted octanol–water partition coefficient (Wildman–Crippen LogP) is 3.49. The molecule has 35 heavy (non-hydrogen) atoms. The molecule has 3 aromatic rings. The molecule has 1 heterocycles. The maximum Gasteiger partial charge on any atom is 0.404 e. The summed E-state index contributed by atoms with van der Waals surface area (Å²) in [5, 5.41) is 0. The van der Waals surface area contributed by atoms with Gasteiger partial charge in [-0.1, -0.05) is 38.1 Å². The van der Waals surface area contributed by atoms with Crippen LogP contribution in [0.25, 0.3) is 0 Å². The fourth-order valence-electron chi connectivity index (χ4n) is 3.90. The summed E-state index contributed by atoms with van der Waals surface area (Å²) < 4.78 is 16.7. The molecule has 0 unspecified atom stereocenters. The van der Waals surface area contributed by atoms with Gasteiger partial charge >= 0.3 is 6.09 Å². The summed E-state index contributed by atoms with van der Waals surface area (Å²) in [6, 6.07) is 17.6. The van der Waals surface area contributed by atoms with Gasteiger partial charge in [0.2, 0.25) is 5.82 Å². The van der Waals surface area contributed by atoms with Gasteiger partial charge < -0.3 is 25.7 Å². The summed E-state index contributed by atoms with van der Waals surface area (Å²) in [4.78, 5) is 29.9. The van der Waals surface area contributed by atoms with Crippen molar-refractivity contribution in [2.75, 3.05) is 0 Å². The fourth-order valence-corrected chi connectivity index (χ4v) is 3.90. The third kappa shape index (κ3) is 5.87. The van der Waals surface area contributed by atoms with E-state index in [1.54, 1.807) is 6.07 Å². The van der Waals surface area contributed by atoms with Crippen LogP contribution in [0.1, 0.15) is 54.1 Å². The number of ether oxygens (including phenoxy) is 3. The lowest BCUT2D eigenvalue weighted by atomic mass is 9.78.